The number of halogens is 3. The average Bonchev–Trinajstić information content (AvgIpc) is 2.25. The van der Waals surface area contributed by atoms with E-state index < -0.39 is 5.82 Å². The van der Waals surface area contributed by atoms with Crippen molar-refractivity contribution in [1.82, 2.24) is 4.98 Å². The summed E-state index contributed by atoms with van der Waals surface area (Å²) < 4.78 is 26.0. The fourth-order valence-electron chi connectivity index (χ4n) is 1.37. The third-order valence-corrected chi connectivity index (χ3v) is 2.41. The average molecular weight is 240 g/mol. The lowest BCUT2D eigenvalue weighted by atomic mass is 10.1. The van der Waals surface area contributed by atoms with Crippen molar-refractivity contribution in [3.63, 3.8) is 0 Å². The first kappa shape index (κ1) is 11.0. The second-order valence-electron chi connectivity index (χ2n) is 3.38. The van der Waals surface area contributed by atoms with Crippen LogP contribution < -0.4 is 0 Å². The molecule has 0 amide bonds. The quantitative estimate of drug-likeness (QED) is 0.780. The number of nitrogens with zero attached hydrogens (tertiary/aromatic N) is 1. The van der Waals surface area contributed by atoms with Gasteiger partial charge in [0.2, 0.25) is 0 Å². The van der Waals surface area contributed by atoms with E-state index in [0.29, 0.717) is 22.7 Å². The first-order chi connectivity index (χ1) is 7.65. The van der Waals surface area contributed by atoms with E-state index in [4.69, 9.17) is 11.6 Å². The van der Waals surface area contributed by atoms with Gasteiger partial charge in [0.15, 0.2) is 0 Å². The third kappa shape index (κ3) is 2.55. The Bertz CT molecular complexity index is 497. The Morgan fingerprint density at radius 2 is 1.94 bits per heavy atom. The molecule has 16 heavy (non-hydrogen) atoms. The molecule has 0 unspecified atom stereocenters. The van der Waals surface area contributed by atoms with Gasteiger partial charge in [0.05, 0.1) is 6.20 Å². The zero-order valence-electron chi connectivity index (χ0n) is 8.25. The van der Waals surface area contributed by atoms with E-state index in [1.54, 1.807) is 12.1 Å². The van der Waals surface area contributed by atoms with Crippen LogP contribution in [0.1, 0.15) is 11.3 Å². The van der Waals surface area contributed by atoms with Crippen molar-refractivity contribution in [3.8, 4) is 0 Å². The van der Waals surface area contributed by atoms with Gasteiger partial charge in [-0.05, 0) is 29.8 Å². The van der Waals surface area contributed by atoms with E-state index in [9.17, 15) is 8.78 Å². The summed E-state index contributed by atoms with van der Waals surface area (Å²) in [4.78, 5) is 3.86. The maximum Gasteiger partial charge on any atom is 0.141 e. The smallest absolute Gasteiger partial charge is 0.141 e. The van der Waals surface area contributed by atoms with Crippen LogP contribution in [-0.2, 0) is 6.42 Å². The van der Waals surface area contributed by atoms with E-state index in [0.717, 1.165) is 6.20 Å². The van der Waals surface area contributed by atoms with E-state index >= 15 is 0 Å². The number of benzene rings is 1. The first-order valence-corrected chi connectivity index (χ1v) is 5.07. The lowest BCUT2D eigenvalue weighted by molar-refractivity contribution is 0.610. The lowest BCUT2D eigenvalue weighted by Gasteiger charge is -2.03. The van der Waals surface area contributed by atoms with Crippen molar-refractivity contribution >= 4 is 11.6 Å². The molecule has 1 aromatic carbocycles. The van der Waals surface area contributed by atoms with E-state index in [-0.39, 0.29) is 5.82 Å². The Kier molecular flexibility index (Phi) is 3.15. The van der Waals surface area contributed by atoms with Gasteiger partial charge in [-0.3, -0.25) is 4.98 Å². The molecule has 1 aromatic heterocycles. The zero-order chi connectivity index (χ0) is 11.5. The zero-order valence-corrected chi connectivity index (χ0v) is 9.01. The molecule has 82 valence electrons. The van der Waals surface area contributed by atoms with Gasteiger partial charge in [0.25, 0.3) is 0 Å². The van der Waals surface area contributed by atoms with Crippen LogP contribution in [0.15, 0.2) is 36.5 Å². The molecule has 2 aromatic rings. The molecule has 1 nitrogen and oxygen atoms in total. The molecule has 0 saturated heterocycles. The van der Waals surface area contributed by atoms with Crippen LogP contribution in [0.5, 0.6) is 0 Å². The van der Waals surface area contributed by atoms with Gasteiger partial charge in [-0.25, -0.2) is 8.78 Å². The Labute approximate surface area is 96.7 Å². The van der Waals surface area contributed by atoms with Crippen molar-refractivity contribution < 1.29 is 8.78 Å². The first-order valence-electron chi connectivity index (χ1n) is 4.69. The summed E-state index contributed by atoms with van der Waals surface area (Å²) in [5.74, 6) is -0.779. The van der Waals surface area contributed by atoms with E-state index in [1.807, 2.05) is 0 Å². The van der Waals surface area contributed by atoms with Gasteiger partial charge in [0.1, 0.15) is 11.6 Å². The lowest BCUT2D eigenvalue weighted by Crippen LogP contribution is -1.95. The molecule has 0 aliphatic rings. The molecule has 0 radical (unpaired) electrons. The molecule has 0 fully saturated rings. The summed E-state index contributed by atoms with van der Waals surface area (Å²) in [7, 11) is 0. The highest BCUT2D eigenvalue weighted by molar-refractivity contribution is 6.30. The fraction of sp³-hybridized carbons (Fsp3) is 0.0833. The molecule has 1 heterocycles. The molecule has 0 aliphatic carbocycles. The van der Waals surface area contributed by atoms with Gasteiger partial charge >= 0.3 is 0 Å². The molecule has 0 spiro atoms. The van der Waals surface area contributed by atoms with Crippen LogP contribution in [0.25, 0.3) is 0 Å². The standard InChI is InChI=1S/C12H8ClF2N/c13-9-2-1-8(12(15)6-9)5-11-4-3-10(14)7-16-11/h1-4,6-7H,5H2. The summed E-state index contributed by atoms with van der Waals surface area (Å²) in [6, 6.07) is 7.30. The van der Waals surface area contributed by atoms with Crippen molar-refractivity contribution in [2.24, 2.45) is 0 Å². The van der Waals surface area contributed by atoms with Crippen molar-refractivity contribution in [1.29, 1.82) is 0 Å². The number of hydrogen-bond donors (Lipinski definition) is 0. The van der Waals surface area contributed by atoms with Gasteiger partial charge in [-0.1, -0.05) is 17.7 Å². The minimum absolute atomic E-state index is 0.323. The second-order valence-corrected chi connectivity index (χ2v) is 3.82. The van der Waals surface area contributed by atoms with Crippen LogP contribution in [0, 0.1) is 11.6 Å². The molecule has 4 heteroatoms. The fourth-order valence-corrected chi connectivity index (χ4v) is 1.53. The van der Waals surface area contributed by atoms with Gasteiger partial charge < -0.3 is 0 Å². The monoisotopic (exact) mass is 239 g/mol. The Hall–Kier alpha value is -1.48. The Morgan fingerprint density at radius 1 is 1.12 bits per heavy atom. The van der Waals surface area contributed by atoms with Crippen LogP contribution in [0.3, 0.4) is 0 Å². The summed E-state index contributed by atoms with van der Waals surface area (Å²) in [5.41, 5.74) is 1.10. The van der Waals surface area contributed by atoms with Crippen LogP contribution in [0.2, 0.25) is 5.02 Å². The highest BCUT2D eigenvalue weighted by atomic mass is 35.5. The van der Waals surface area contributed by atoms with Crippen molar-refractivity contribution in [2.75, 3.05) is 0 Å². The third-order valence-electron chi connectivity index (χ3n) is 2.18. The summed E-state index contributed by atoms with van der Waals surface area (Å²) in [6.07, 6.45) is 1.44. The molecule has 0 N–H and O–H groups in total. The van der Waals surface area contributed by atoms with Gasteiger partial charge in [0, 0.05) is 17.1 Å². The predicted octanol–water partition coefficient (Wildman–Crippen LogP) is 3.60. The normalized spacial score (nSPS) is 10.4. The van der Waals surface area contributed by atoms with Crippen LogP contribution >= 0.6 is 11.6 Å². The summed E-state index contributed by atoms with van der Waals surface area (Å²) in [6.45, 7) is 0. The van der Waals surface area contributed by atoms with Crippen LogP contribution in [0.4, 0.5) is 8.78 Å². The Morgan fingerprint density at radius 3 is 2.56 bits per heavy atom. The maximum atomic E-state index is 13.4. The summed E-state index contributed by atoms with van der Waals surface area (Å²) in [5, 5.41) is 0.355. The highest BCUT2D eigenvalue weighted by Crippen LogP contribution is 2.17. The molecule has 0 saturated carbocycles. The SMILES string of the molecule is Fc1ccc(Cc2ccc(Cl)cc2F)nc1. The number of aromatic nitrogens is 1. The minimum Gasteiger partial charge on any atom is -0.258 e. The maximum absolute atomic E-state index is 13.4. The topological polar surface area (TPSA) is 12.9 Å². The van der Waals surface area contributed by atoms with E-state index in [2.05, 4.69) is 4.98 Å². The largest absolute Gasteiger partial charge is 0.258 e. The van der Waals surface area contributed by atoms with Gasteiger partial charge in [-0.15, -0.1) is 0 Å². The summed E-state index contributed by atoms with van der Waals surface area (Å²) >= 11 is 5.64. The van der Waals surface area contributed by atoms with Crippen molar-refractivity contribution in [3.05, 3.63) is 64.4 Å². The minimum atomic E-state index is -0.402. The van der Waals surface area contributed by atoms with Crippen LogP contribution in [-0.4, -0.2) is 4.98 Å². The predicted molar refractivity (Wildman–Crippen MR) is 58.4 cm³/mol. The molecule has 2 rings (SSSR count). The molecular weight excluding hydrogens is 232 g/mol. The number of hydrogen-bond acceptors (Lipinski definition) is 1. The molecule has 0 bridgehead atoms. The Balaban J connectivity index is 2.23. The number of rotatable bonds is 2. The second kappa shape index (κ2) is 4.58. The number of pyridine rings is 1. The highest BCUT2D eigenvalue weighted by Gasteiger charge is 2.05. The van der Waals surface area contributed by atoms with E-state index in [1.165, 1.54) is 18.2 Å². The molecule has 0 aliphatic heterocycles. The molecule has 0 atom stereocenters. The van der Waals surface area contributed by atoms with Crippen molar-refractivity contribution in [2.45, 2.75) is 6.42 Å². The molecular formula is C12H8ClF2N. The van der Waals surface area contributed by atoms with Gasteiger partial charge in [-0.2, -0.15) is 0 Å².